The lowest BCUT2D eigenvalue weighted by Gasteiger charge is -2.22. The number of aromatic nitrogens is 3. The quantitative estimate of drug-likeness (QED) is 0.184. The summed E-state index contributed by atoms with van der Waals surface area (Å²) in [7, 11) is 0. The van der Waals surface area contributed by atoms with Crippen molar-refractivity contribution in [1.82, 2.24) is 20.1 Å². The molecule has 2 aromatic carbocycles. The average molecular weight is 565 g/mol. The van der Waals surface area contributed by atoms with Crippen molar-refractivity contribution >= 4 is 58.2 Å². The van der Waals surface area contributed by atoms with Crippen LogP contribution in [0.3, 0.4) is 0 Å². The van der Waals surface area contributed by atoms with E-state index in [1.807, 2.05) is 25.3 Å². The van der Waals surface area contributed by atoms with Crippen LogP contribution in [-0.4, -0.2) is 37.3 Å². The molecule has 10 nitrogen and oxygen atoms in total. The van der Waals surface area contributed by atoms with Crippen molar-refractivity contribution in [3.05, 3.63) is 73.5 Å². The van der Waals surface area contributed by atoms with E-state index in [2.05, 4.69) is 20.8 Å². The van der Waals surface area contributed by atoms with Crippen molar-refractivity contribution in [3.8, 4) is 0 Å². The van der Waals surface area contributed by atoms with E-state index in [1.165, 1.54) is 30.0 Å². The van der Waals surface area contributed by atoms with E-state index in [4.69, 9.17) is 23.2 Å². The molecule has 3 rings (SSSR count). The van der Waals surface area contributed by atoms with Crippen molar-refractivity contribution in [3.63, 3.8) is 0 Å². The maximum atomic E-state index is 13.0. The molecule has 0 aliphatic heterocycles. The summed E-state index contributed by atoms with van der Waals surface area (Å²) in [6.07, 6.45) is 0. The number of halogens is 2. The maximum absolute atomic E-state index is 13.0. The number of nitro benzene ring substituents is 1. The van der Waals surface area contributed by atoms with Crippen LogP contribution in [0, 0.1) is 23.0 Å². The summed E-state index contributed by atoms with van der Waals surface area (Å²) in [4.78, 5) is 36.1. The van der Waals surface area contributed by atoms with Gasteiger partial charge in [0.1, 0.15) is 0 Å². The molecule has 2 N–H and O–H groups in total. The largest absolute Gasteiger partial charge is 0.342 e. The number of hydrogen-bond donors (Lipinski definition) is 2. The van der Waals surface area contributed by atoms with Gasteiger partial charge in [-0.3, -0.25) is 19.7 Å². The second-order valence-corrected chi connectivity index (χ2v) is 10.3. The summed E-state index contributed by atoms with van der Waals surface area (Å²) in [6.45, 7) is 8.08. The standard InChI is InChI=1S/C24H26Cl2N6O4S/c1-5-31-22(21(13(2)3)28-23(34)17-9-7-15(25)10-18(17)26)29-30-24(31)37-12-20(33)27-19-11-16(32(35)36)8-6-14(19)4/h6-11,13,21H,5,12H2,1-4H3,(H,27,33)(H,28,34)/t21-/m1/s1. The third-order valence-electron chi connectivity index (χ3n) is 5.51. The zero-order valence-electron chi connectivity index (χ0n) is 20.6. The normalized spacial score (nSPS) is 11.9. The Labute approximate surface area is 228 Å². The number of aryl methyl sites for hydroxylation is 1. The molecule has 2 amide bonds. The number of nitro groups is 1. The third-order valence-corrected chi connectivity index (χ3v) is 7.02. The number of anilines is 1. The Morgan fingerprint density at radius 1 is 1.16 bits per heavy atom. The van der Waals surface area contributed by atoms with Gasteiger partial charge in [-0.1, -0.05) is 54.9 Å². The van der Waals surface area contributed by atoms with Gasteiger partial charge in [0.25, 0.3) is 11.6 Å². The molecule has 37 heavy (non-hydrogen) atoms. The Hall–Kier alpha value is -3.15. The molecule has 196 valence electrons. The van der Waals surface area contributed by atoms with Crippen LogP contribution in [0.5, 0.6) is 0 Å². The van der Waals surface area contributed by atoms with E-state index in [1.54, 1.807) is 25.1 Å². The molecule has 1 aromatic heterocycles. The number of benzene rings is 2. The maximum Gasteiger partial charge on any atom is 0.271 e. The van der Waals surface area contributed by atoms with Gasteiger partial charge >= 0.3 is 0 Å². The fourth-order valence-electron chi connectivity index (χ4n) is 3.53. The summed E-state index contributed by atoms with van der Waals surface area (Å²) >= 11 is 13.3. The van der Waals surface area contributed by atoms with Crippen LogP contribution in [0.4, 0.5) is 11.4 Å². The van der Waals surface area contributed by atoms with Crippen LogP contribution < -0.4 is 10.6 Å². The molecule has 0 aliphatic carbocycles. The van der Waals surface area contributed by atoms with Gasteiger partial charge < -0.3 is 15.2 Å². The first-order valence-corrected chi connectivity index (χ1v) is 13.1. The van der Waals surface area contributed by atoms with Gasteiger partial charge in [0.2, 0.25) is 5.91 Å². The van der Waals surface area contributed by atoms with E-state index in [-0.39, 0.29) is 34.2 Å². The third kappa shape index (κ3) is 7.00. The molecule has 0 radical (unpaired) electrons. The lowest BCUT2D eigenvalue weighted by atomic mass is 10.0. The highest BCUT2D eigenvalue weighted by atomic mass is 35.5. The number of carbonyl (C=O) groups excluding carboxylic acids is 2. The first kappa shape index (κ1) is 28.4. The number of nitrogens with zero attached hydrogens (tertiary/aromatic N) is 4. The monoisotopic (exact) mass is 564 g/mol. The number of amides is 2. The number of nitrogens with one attached hydrogen (secondary N) is 2. The zero-order chi connectivity index (χ0) is 27.3. The van der Waals surface area contributed by atoms with Crippen LogP contribution in [0.2, 0.25) is 10.0 Å². The van der Waals surface area contributed by atoms with Crippen LogP contribution in [0.15, 0.2) is 41.6 Å². The lowest BCUT2D eigenvalue weighted by Crippen LogP contribution is -2.34. The summed E-state index contributed by atoms with van der Waals surface area (Å²) in [5.74, 6) is -0.172. The molecule has 0 saturated carbocycles. The summed E-state index contributed by atoms with van der Waals surface area (Å²) in [5.41, 5.74) is 1.27. The molecule has 1 heterocycles. The SMILES string of the molecule is CCn1c(SCC(=O)Nc2cc([N+](=O)[O-])ccc2C)nnc1[C@H](NC(=O)c1ccc(Cl)cc1Cl)C(C)C. The molecule has 0 bridgehead atoms. The molecule has 0 saturated heterocycles. The van der Waals surface area contributed by atoms with Crippen LogP contribution in [0.1, 0.15) is 48.6 Å². The average Bonchev–Trinajstić information content (AvgIpc) is 3.24. The number of non-ortho nitro benzene ring substituents is 1. The Morgan fingerprint density at radius 3 is 2.51 bits per heavy atom. The van der Waals surface area contributed by atoms with Gasteiger partial charge in [-0.2, -0.15) is 0 Å². The van der Waals surface area contributed by atoms with Gasteiger partial charge in [-0.15, -0.1) is 10.2 Å². The van der Waals surface area contributed by atoms with Crippen molar-refractivity contribution in [1.29, 1.82) is 0 Å². The predicted octanol–water partition coefficient (Wildman–Crippen LogP) is 5.68. The van der Waals surface area contributed by atoms with Crippen molar-refractivity contribution in [2.24, 2.45) is 5.92 Å². The minimum atomic E-state index is -0.514. The van der Waals surface area contributed by atoms with Gasteiger partial charge in [-0.25, -0.2) is 0 Å². The minimum absolute atomic E-state index is 0.0132. The highest BCUT2D eigenvalue weighted by Gasteiger charge is 2.27. The van der Waals surface area contributed by atoms with Crippen molar-refractivity contribution < 1.29 is 14.5 Å². The highest BCUT2D eigenvalue weighted by molar-refractivity contribution is 7.99. The second-order valence-electron chi connectivity index (χ2n) is 8.50. The van der Waals surface area contributed by atoms with E-state index in [9.17, 15) is 19.7 Å². The predicted molar refractivity (Wildman–Crippen MR) is 144 cm³/mol. The van der Waals surface area contributed by atoms with E-state index in [0.717, 1.165) is 0 Å². The lowest BCUT2D eigenvalue weighted by molar-refractivity contribution is -0.384. The number of hydrogen-bond acceptors (Lipinski definition) is 7. The Balaban J connectivity index is 1.74. The molecule has 0 spiro atoms. The van der Waals surface area contributed by atoms with Gasteiger partial charge in [0.05, 0.1) is 33.0 Å². The number of carbonyl (C=O) groups is 2. The zero-order valence-corrected chi connectivity index (χ0v) is 22.9. The van der Waals surface area contributed by atoms with Crippen LogP contribution >= 0.6 is 35.0 Å². The molecular weight excluding hydrogens is 539 g/mol. The minimum Gasteiger partial charge on any atom is -0.342 e. The van der Waals surface area contributed by atoms with E-state index < -0.39 is 11.0 Å². The van der Waals surface area contributed by atoms with Crippen LogP contribution in [-0.2, 0) is 11.3 Å². The van der Waals surface area contributed by atoms with Crippen molar-refractivity contribution in [2.45, 2.75) is 45.4 Å². The van der Waals surface area contributed by atoms with Gasteiger partial charge in [0, 0.05) is 23.7 Å². The smallest absolute Gasteiger partial charge is 0.271 e. The van der Waals surface area contributed by atoms with Gasteiger partial charge in [-0.05, 0) is 43.5 Å². The van der Waals surface area contributed by atoms with Crippen LogP contribution in [0.25, 0.3) is 0 Å². The molecule has 3 aromatic rings. The fourth-order valence-corrected chi connectivity index (χ4v) is 4.83. The Morgan fingerprint density at radius 2 is 1.89 bits per heavy atom. The first-order chi connectivity index (χ1) is 17.5. The number of thioether (sulfide) groups is 1. The molecule has 1 atom stereocenters. The Bertz CT molecular complexity index is 1330. The Kier molecular flexibility index (Phi) is 9.52. The highest BCUT2D eigenvalue weighted by Crippen LogP contribution is 2.28. The first-order valence-electron chi connectivity index (χ1n) is 11.4. The molecule has 0 fully saturated rings. The fraction of sp³-hybridized carbons (Fsp3) is 0.333. The molecule has 0 unspecified atom stereocenters. The van der Waals surface area contributed by atoms with E-state index in [0.29, 0.717) is 39.4 Å². The molecular formula is C24H26Cl2N6O4S. The molecule has 13 heteroatoms. The summed E-state index contributed by atoms with van der Waals surface area (Å²) in [6, 6.07) is 8.48. The van der Waals surface area contributed by atoms with Gasteiger partial charge in [0.15, 0.2) is 11.0 Å². The molecule has 0 aliphatic rings. The summed E-state index contributed by atoms with van der Waals surface area (Å²) in [5, 5.41) is 26.5. The van der Waals surface area contributed by atoms with Crippen molar-refractivity contribution in [2.75, 3.05) is 11.1 Å². The topological polar surface area (TPSA) is 132 Å². The second kappa shape index (κ2) is 12.4. The number of rotatable bonds is 10. The van der Waals surface area contributed by atoms with E-state index >= 15 is 0 Å². The summed E-state index contributed by atoms with van der Waals surface area (Å²) < 4.78 is 1.84.